The molecule has 2 N–H and O–H groups in total. The normalized spacial score (nSPS) is 20.2. The van der Waals surface area contributed by atoms with E-state index in [0.29, 0.717) is 11.9 Å². The third-order valence-electron chi connectivity index (χ3n) is 3.23. The predicted octanol–water partition coefficient (Wildman–Crippen LogP) is 2.87. The highest BCUT2D eigenvalue weighted by Crippen LogP contribution is 2.28. The molecule has 1 aliphatic rings. The molecule has 0 aromatic heterocycles. The number of rotatable bonds is 1. The Morgan fingerprint density at radius 3 is 2.82 bits per heavy atom. The van der Waals surface area contributed by atoms with Crippen molar-refractivity contribution in [2.24, 2.45) is 10.2 Å². The number of hydrogen-bond donors (Lipinski definition) is 1. The first-order chi connectivity index (χ1) is 7.72. The van der Waals surface area contributed by atoms with Crippen molar-refractivity contribution < 1.29 is 0 Å². The highest BCUT2D eigenvalue weighted by Gasteiger charge is 2.25. The molecule has 0 spiro atoms. The van der Waals surface area contributed by atoms with Crippen LogP contribution in [0.3, 0.4) is 0 Å². The van der Waals surface area contributed by atoms with Crippen LogP contribution in [0.4, 0.5) is 0 Å². The van der Waals surface area contributed by atoms with Crippen LogP contribution in [0.5, 0.6) is 0 Å². The van der Waals surface area contributed by atoms with Crippen LogP contribution in [0, 0.1) is 6.92 Å². The lowest BCUT2D eigenvalue weighted by Crippen LogP contribution is -2.34. The number of benzene rings is 1. The maximum atomic E-state index is 5.70. The molecule has 0 bridgehead atoms. The highest BCUT2D eigenvalue weighted by atomic mass is 127. The summed E-state index contributed by atoms with van der Waals surface area (Å²) in [5.41, 5.74) is 8.45. The summed E-state index contributed by atoms with van der Waals surface area (Å²) in [6.07, 6.45) is 1.11. The van der Waals surface area contributed by atoms with Crippen molar-refractivity contribution in [3.05, 3.63) is 35.4 Å². The first kappa shape index (κ1) is 14.6. The van der Waals surface area contributed by atoms with Crippen LogP contribution in [-0.4, -0.2) is 23.9 Å². The smallest absolute Gasteiger partial charge is 0.209 e. The van der Waals surface area contributed by atoms with E-state index in [4.69, 9.17) is 17.5 Å². The Morgan fingerprint density at radius 1 is 1.47 bits per heavy atom. The van der Waals surface area contributed by atoms with Crippen molar-refractivity contribution in [3.8, 4) is 0 Å². The fourth-order valence-electron chi connectivity index (χ4n) is 2.32. The van der Waals surface area contributed by atoms with Crippen molar-refractivity contribution in [1.82, 2.24) is 4.90 Å². The number of guanidine groups is 1. The van der Waals surface area contributed by atoms with Crippen LogP contribution < -0.4 is 5.73 Å². The maximum absolute atomic E-state index is 5.70. The van der Waals surface area contributed by atoms with Crippen LogP contribution in [-0.2, 0) is 0 Å². The second kappa shape index (κ2) is 6.44. The Bertz CT molecular complexity index is 408. The molecule has 1 aliphatic heterocycles. The molecule has 3 nitrogen and oxygen atoms in total. The summed E-state index contributed by atoms with van der Waals surface area (Å²) in [6, 6.07) is 8.50. The van der Waals surface area contributed by atoms with Gasteiger partial charge in [-0.15, -0.1) is 28.5 Å². The van der Waals surface area contributed by atoms with Gasteiger partial charge in [-0.2, -0.15) is 0 Å². The molecule has 1 fully saturated rings. The van der Waals surface area contributed by atoms with Crippen molar-refractivity contribution in [2.45, 2.75) is 19.3 Å². The van der Waals surface area contributed by atoms with Gasteiger partial charge in [-0.3, -0.25) is 0 Å². The lowest BCUT2D eigenvalue weighted by atomic mass is 9.94. The summed E-state index contributed by atoms with van der Waals surface area (Å²) in [5, 5.41) is 0. The van der Waals surface area contributed by atoms with Gasteiger partial charge in [0.05, 0.1) is 0 Å². The number of hydrogen-bond acceptors (Lipinski definition) is 1. The number of nitrogens with zero attached hydrogens (tertiary/aromatic N) is 2. The Morgan fingerprint density at radius 2 is 2.18 bits per heavy atom. The fraction of sp³-hybridized carbons (Fsp3) is 0.417. The monoisotopic (exact) mass is 365 g/mol. The van der Waals surface area contributed by atoms with Crippen LogP contribution in [0.15, 0.2) is 28.8 Å². The summed E-state index contributed by atoms with van der Waals surface area (Å²) in [7, 11) is 0. The summed E-state index contributed by atoms with van der Waals surface area (Å²) in [5.74, 6) is 0.968. The molecule has 94 valence electrons. The third-order valence-corrected chi connectivity index (χ3v) is 3.40. The zero-order chi connectivity index (χ0) is 11.5. The van der Waals surface area contributed by atoms with Gasteiger partial charge in [-0.1, -0.05) is 24.3 Å². The van der Waals surface area contributed by atoms with E-state index in [2.05, 4.69) is 35.7 Å². The first-order valence-electron chi connectivity index (χ1n) is 5.47. The van der Waals surface area contributed by atoms with Crippen molar-refractivity contribution in [3.63, 3.8) is 0 Å². The number of likely N-dealkylation sites (tertiary alicyclic amines) is 1. The van der Waals surface area contributed by atoms with Gasteiger partial charge < -0.3 is 10.6 Å². The van der Waals surface area contributed by atoms with E-state index in [9.17, 15) is 0 Å². The van der Waals surface area contributed by atoms with E-state index in [-0.39, 0.29) is 24.0 Å². The molecule has 0 amide bonds. The fourth-order valence-corrected chi connectivity index (χ4v) is 2.43. The second-order valence-electron chi connectivity index (χ2n) is 4.23. The van der Waals surface area contributed by atoms with Crippen LogP contribution in [0.2, 0.25) is 0 Å². The summed E-state index contributed by atoms with van der Waals surface area (Å²) in [6.45, 7) is 3.99. The van der Waals surface area contributed by atoms with Gasteiger partial charge in [-0.25, -0.2) is 0 Å². The Hall–Kier alpha value is -0.490. The van der Waals surface area contributed by atoms with E-state index in [0.717, 1.165) is 19.5 Å². The quantitative estimate of drug-likeness (QED) is 0.472. The van der Waals surface area contributed by atoms with E-state index in [1.807, 2.05) is 4.90 Å². The minimum absolute atomic E-state index is 0. The Labute approximate surface area is 124 Å². The van der Waals surface area contributed by atoms with Gasteiger partial charge in [0.2, 0.25) is 5.96 Å². The largest absolute Gasteiger partial charge is 0.369 e. The highest BCUT2D eigenvalue weighted by molar-refractivity contribution is 14.0. The molecule has 0 radical (unpaired) electrons. The van der Waals surface area contributed by atoms with Crippen LogP contribution in [0.1, 0.15) is 23.5 Å². The standard InChI is InChI=1S/C12H16ClN3.HI/c1-9-4-2-3-5-11(9)10-6-7-16(8-10)12(14)15-13;/h2-5,10H,6-8H2,1H3,(H2,14,15);1H. The Balaban J connectivity index is 0.00000144. The van der Waals surface area contributed by atoms with Gasteiger partial charge in [0.25, 0.3) is 0 Å². The molecule has 1 aromatic rings. The number of aryl methyl sites for hydroxylation is 1. The SMILES string of the molecule is Cc1ccccc1C1CCN(/C(N)=N\Cl)C1.I. The molecule has 1 aromatic carbocycles. The molecule has 1 saturated heterocycles. The molecule has 1 unspecified atom stereocenters. The zero-order valence-corrected chi connectivity index (χ0v) is 12.9. The minimum Gasteiger partial charge on any atom is -0.369 e. The van der Waals surface area contributed by atoms with Gasteiger partial charge in [0.15, 0.2) is 0 Å². The first-order valence-corrected chi connectivity index (χ1v) is 5.81. The lowest BCUT2D eigenvalue weighted by molar-refractivity contribution is 0.505. The van der Waals surface area contributed by atoms with Crippen molar-refractivity contribution >= 4 is 41.7 Å². The predicted molar refractivity (Wildman–Crippen MR) is 83.0 cm³/mol. The molecule has 17 heavy (non-hydrogen) atoms. The van der Waals surface area contributed by atoms with Gasteiger partial charge in [-0.05, 0) is 24.5 Å². The van der Waals surface area contributed by atoms with Crippen molar-refractivity contribution in [1.29, 1.82) is 0 Å². The summed E-state index contributed by atoms with van der Waals surface area (Å²) in [4.78, 5) is 2.03. The van der Waals surface area contributed by atoms with E-state index >= 15 is 0 Å². The van der Waals surface area contributed by atoms with Crippen LogP contribution in [0.25, 0.3) is 0 Å². The topological polar surface area (TPSA) is 41.6 Å². The maximum Gasteiger partial charge on any atom is 0.209 e. The summed E-state index contributed by atoms with van der Waals surface area (Å²) < 4.78 is 3.51. The van der Waals surface area contributed by atoms with Gasteiger partial charge >= 0.3 is 0 Å². The van der Waals surface area contributed by atoms with Gasteiger partial charge in [0.1, 0.15) is 0 Å². The summed E-state index contributed by atoms with van der Waals surface area (Å²) >= 11 is 5.38. The van der Waals surface area contributed by atoms with E-state index < -0.39 is 0 Å². The molecule has 0 aliphatic carbocycles. The molecule has 2 rings (SSSR count). The molecular weight excluding hydrogens is 349 g/mol. The lowest BCUT2D eigenvalue weighted by Gasteiger charge is -2.17. The van der Waals surface area contributed by atoms with Crippen LogP contribution >= 0.6 is 35.8 Å². The minimum atomic E-state index is 0. The van der Waals surface area contributed by atoms with E-state index in [1.54, 1.807) is 0 Å². The Kier molecular flexibility index (Phi) is 5.52. The molecule has 1 heterocycles. The molecule has 0 saturated carbocycles. The second-order valence-corrected chi connectivity index (χ2v) is 4.40. The molecule has 1 atom stereocenters. The van der Waals surface area contributed by atoms with Gasteiger partial charge in [0, 0.05) is 30.8 Å². The van der Waals surface area contributed by atoms with E-state index in [1.165, 1.54) is 11.1 Å². The number of halogens is 2. The number of nitrogens with two attached hydrogens (primary N) is 1. The molecular formula is C12H17ClIN3. The third kappa shape index (κ3) is 3.25. The zero-order valence-electron chi connectivity index (χ0n) is 9.77. The van der Waals surface area contributed by atoms with Crippen molar-refractivity contribution in [2.75, 3.05) is 13.1 Å². The average molecular weight is 366 g/mol. The average Bonchev–Trinajstić information content (AvgIpc) is 2.78. The molecule has 5 heteroatoms.